The fourth-order valence-electron chi connectivity index (χ4n) is 1.64. The van der Waals surface area contributed by atoms with E-state index in [0.717, 1.165) is 6.07 Å². The lowest BCUT2D eigenvalue weighted by Gasteiger charge is -2.10. The fourth-order valence-corrected chi connectivity index (χ4v) is 3.05. The molecule has 0 atom stereocenters. The SMILES string of the molecule is Cc1cc(F)ccc1S(=O)(=O)Nc1ccc(Cl)cc1. The number of sulfonamides is 1. The molecule has 0 heterocycles. The van der Waals surface area contributed by atoms with Crippen LogP contribution in [0.15, 0.2) is 47.4 Å². The Bertz CT molecular complexity index is 699. The Labute approximate surface area is 116 Å². The summed E-state index contributed by atoms with van der Waals surface area (Å²) in [5.41, 5.74) is 0.745. The van der Waals surface area contributed by atoms with Gasteiger partial charge in [0.15, 0.2) is 0 Å². The van der Waals surface area contributed by atoms with Gasteiger partial charge in [-0.05, 0) is 55.0 Å². The molecular weight excluding hydrogens is 289 g/mol. The molecule has 3 nitrogen and oxygen atoms in total. The average molecular weight is 300 g/mol. The van der Waals surface area contributed by atoms with Crippen molar-refractivity contribution >= 4 is 27.3 Å². The van der Waals surface area contributed by atoms with Crippen molar-refractivity contribution in [2.45, 2.75) is 11.8 Å². The molecule has 2 aromatic carbocycles. The number of halogens is 2. The molecule has 1 N–H and O–H groups in total. The number of hydrogen-bond acceptors (Lipinski definition) is 2. The molecule has 0 radical (unpaired) electrons. The summed E-state index contributed by atoms with van der Waals surface area (Å²) in [4.78, 5) is 0.0452. The highest BCUT2D eigenvalue weighted by Crippen LogP contribution is 2.21. The summed E-state index contributed by atoms with van der Waals surface area (Å²) in [6, 6.07) is 9.80. The second-order valence-corrected chi connectivity index (χ2v) is 6.11. The first-order chi connectivity index (χ1) is 8.88. The molecule has 2 rings (SSSR count). The topological polar surface area (TPSA) is 46.2 Å². The first-order valence-electron chi connectivity index (χ1n) is 5.43. The van der Waals surface area contributed by atoms with Crippen LogP contribution in [0.4, 0.5) is 10.1 Å². The van der Waals surface area contributed by atoms with Crippen molar-refractivity contribution in [3.05, 3.63) is 58.9 Å². The van der Waals surface area contributed by atoms with Crippen LogP contribution in [0.3, 0.4) is 0 Å². The number of hydrogen-bond donors (Lipinski definition) is 1. The maximum absolute atomic E-state index is 13.0. The van der Waals surface area contributed by atoms with Gasteiger partial charge < -0.3 is 0 Å². The standard InChI is InChI=1S/C13H11ClFNO2S/c1-9-8-11(15)4-7-13(9)19(17,18)16-12-5-2-10(14)3-6-12/h2-8,16H,1H3. The first-order valence-corrected chi connectivity index (χ1v) is 7.29. The fraction of sp³-hybridized carbons (Fsp3) is 0.0769. The van der Waals surface area contributed by atoms with Gasteiger partial charge in [-0.1, -0.05) is 11.6 Å². The normalized spacial score (nSPS) is 11.3. The minimum atomic E-state index is -3.73. The molecule has 6 heteroatoms. The molecule has 0 amide bonds. The van der Waals surface area contributed by atoms with Crippen LogP contribution in [0.2, 0.25) is 5.02 Å². The Kier molecular flexibility index (Phi) is 3.78. The Morgan fingerprint density at radius 1 is 1.11 bits per heavy atom. The van der Waals surface area contributed by atoms with Gasteiger partial charge in [0.05, 0.1) is 4.90 Å². The van der Waals surface area contributed by atoms with E-state index in [4.69, 9.17) is 11.6 Å². The maximum Gasteiger partial charge on any atom is 0.262 e. The predicted octanol–water partition coefficient (Wildman–Crippen LogP) is 3.59. The third kappa shape index (κ3) is 3.24. The third-order valence-corrected chi connectivity index (χ3v) is 4.32. The molecule has 0 aliphatic carbocycles. The van der Waals surface area contributed by atoms with E-state index in [0.29, 0.717) is 16.3 Å². The van der Waals surface area contributed by atoms with Crippen LogP contribution in [0, 0.1) is 12.7 Å². The van der Waals surface area contributed by atoms with Crippen LogP contribution in [0.1, 0.15) is 5.56 Å². The first kappa shape index (κ1) is 13.8. The van der Waals surface area contributed by atoms with Gasteiger partial charge in [0, 0.05) is 10.7 Å². The van der Waals surface area contributed by atoms with Crippen molar-refractivity contribution < 1.29 is 12.8 Å². The maximum atomic E-state index is 13.0. The summed E-state index contributed by atoms with van der Waals surface area (Å²) in [5.74, 6) is -0.469. The van der Waals surface area contributed by atoms with Crippen LogP contribution >= 0.6 is 11.6 Å². The molecule has 0 aliphatic heterocycles. The Morgan fingerprint density at radius 2 is 1.74 bits per heavy atom. The number of nitrogens with one attached hydrogen (secondary N) is 1. The van der Waals surface area contributed by atoms with Gasteiger partial charge in [0.25, 0.3) is 10.0 Å². The van der Waals surface area contributed by atoms with Crippen LogP contribution < -0.4 is 4.72 Å². The van der Waals surface area contributed by atoms with Crippen molar-refractivity contribution in [2.24, 2.45) is 0 Å². The molecule has 0 fully saturated rings. The van der Waals surface area contributed by atoms with Crippen molar-refractivity contribution in [3.63, 3.8) is 0 Å². The monoisotopic (exact) mass is 299 g/mol. The van der Waals surface area contributed by atoms with E-state index in [1.807, 2.05) is 0 Å². The number of rotatable bonds is 3. The molecular formula is C13H11ClFNO2S. The van der Waals surface area contributed by atoms with Crippen molar-refractivity contribution in [3.8, 4) is 0 Å². The summed E-state index contributed by atoms with van der Waals surface area (Å²) in [6.07, 6.45) is 0. The van der Waals surface area contributed by atoms with E-state index in [-0.39, 0.29) is 4.90 Å². The van der Waals surface area contributed by atoms with Gasteiger partial charge in [-0.3, -0.25) is 4.72 Å². The highest BCUT2D eigenvalue weighted by Gasteiger charge is 2.17. The van der Waals surface area contributed by atoms with Crippen LogP contribution in [0.25, 0.3) is 0 Å². The molecule has 0 aliphatic rings. The van der Waals surface area contributed by atoms with Crippen LogP contribution in [-0.2, 0) is 10.0 Å². The number of benzene rings is 2. The quantitative estimate of drug-likeness (QED) is 0.941. The van der Waals surface area contributed by atoms with E-state index < -0.39 is 15.8 Å². The largest absolute Gasteiger partial charge is 0.280 e. The minimum absolute atomic E-state index is 0.0452. The molecule has 0 spiro atoms. The van der Waals surface area contributed by atoms with E-state index in [1.165, 1.54) is 12.1 Å². The highest BCUT2D eigenvalue weighted by molar-refractivity contribution is 7.92. The number of anilines is 1. The average Bonchev–Trinajstić information content (AvgIpc) is 2.31. The van der Waals surface area contributed by atoms with Crippen molar-refractivity contribution in [1.82, 2.24) is 0 Å². The lowest BCUT2D eigenvalue weighted by atomic mass is 10.2. The minimum Gasteiger partial charge on any atom is -0.280 e. The van der Waals surface area contributed by atoms with E-state index in [1.54, 1.807) is 31.2 Å². The lowest BCUT2D eigenvalue weighted by Crippen LogP contribution is -2.14. The van der Waals surface area contributed by atoms with Gasteiger partial charge in [0.1, 0.15) is 5.82 Å². The van der Waals surface area contributed by atoms with Crippen LogP contribution in [0.5, 0.6) is 0 Å². The zero-order valence-electron chi connectivity index (χ0n) is 10.0. The molecule has 0 aromatic heterocycles. The second kappa shape index (κ2) is 5.19. The Morgan fingerprint density at radius 3 is 2.32 bits per heavy atom. The van der Waals surface area contributed by atoms with Gasteiger partial charge in [-0.15, -0.1) is 0 Å². The number of aryl methyl sites for hydroxylation is 1. The van der Waals surface area contributed by atoms with Gasteiger partial charge in [-0.25, -0.2) is 12.8 Å². The summed E-state index contributed by atoms with van der Waals surface area (Å²) in [6.45, 7) is 1.54. The summed E-state index contributed by atoms with van der Waals surface area (Å²) >= 11 is 5.72. The summed E-state index contributed by atoms with van der Waals surface area (Å²) in [7, 11) is -3.73. The summed E-state index contributed by atoms with van der Waals surface area (Å²) in [5, 5.41) is 0.515. The van der Waals surface area contributed by atoms with Gasteiger partial charge in [0.2, 0.25) is 0 Å². The molecule has 0 unspecified atom stereocenters. The smallest absolute Gasteiger partial charge is 0.262 e. The second-order valence-electron chi connectivity index (χ2n) is 4.02. The Hall–Kier alpha value is -1.59. The van der Waals surface area contributed by atoms with E-state index in [2.05, 4.69) is 4.72 Å². The lowest BCUT2D eigenvalue weighted by molar-refractivity contribution is 0.598. The molecule has 100 valence electrons. The van der Waals surface area contributed by atoms with E-state index >= 15 is 0 Å². The molecule has 0 saturated carbocycles. The van der Waals surface area contributed by atoms with E-state index in [9.17, 15) is 12.8 Å². The molecule has 19 heavy (non-hydrogen) atoms. The van der Waals surface area contributed by atoms with Gasteiger partial charge in [-0.2, -0.15) is 0 Å². The predicted molar refractivity (Wildman–Crippen MR) is 73.4 cm³/mol. The molecule has 0 saturated heterocycles. The molecule has 2 aromatic rings. The zero-order chi connectivity index (χ0) is 14.0. The van der Waals surface area contributed by atoms with Gasteiger partial charge >= 0.3 is 0 Å². The molecule has 0 bridgehead atoms. The zero-order valence-corrected chi connectivity index (χ0v) is 11.6. The third-order valence-electron chi connectivity index (χ3n) is 2.52. The van der Waals surface area contributed by atoms with Crippen molar-refractivity contribution in [2.75, 3.05) is 4.72 Å². The van der Waals surface area contributed by atoms with Crippen molar-refractivity contribution in [1.29, 1.82) is 0 Å². The van der Waals surface area contributed by atoms with Crippen LogP contribution in [-0.4, -0.2) is 8.42 Å². The Balaban J connectivity index is 2.35. The highest BCUT2D eigenvalue weighted by atomic mass is 35.5. The summed E-state index contributed by atoms with van der Waals surface area (Å²) < 4.78 is 39.7.